The number of H-pyrrole nitrogens is 1. The quantitative estimate of drug-likeness (QED) is 0.562. The van der Waals surface area contributed by atoms with Gasteiger partial charge in [-0.2, -0.15) is 4.98 Å². The van der Waals surface area contributed by atoms with Gasteiger partial charge in [0.25, 0.3) is 5.91 Å². The highest BCUT2D eigenvalue weighted by Gasteiger charge is 2.37. The van der Waals surface area contributed by atoms with Crippen LogP contribution < -0.4 is 11.1 Å². The van der Waals surface area contributed by atoms with Crippen molar-refractivity contribution in [3.63, 3.8) is 0 Å². The Bertz CT molecular complexity index is 424. The van der Waals surface area contributed by atoms with Crippen molar-refractivity contribution in [1.29, 1.82) is 0 Å². The number of hydrogen-bond donors (Lipinski definition) is 4. The van der Waals surface area contributed by atoms with Crippen molar-refractivity contribution >= 4 is 17.8 Å². The number of carbonyl (C=O) groups is 2. The Morgan fingerprint density at radius 1 is 1.47 bits per heavy atom. The molecule has 1 amide bonds. The van der Waals surface area contributed by atoms with Crippen molar-refractivity contribution in [3.8, 4) is 0 Å². The summed E-state index contributed by atoms with van der Waals surface area (Å²) >= 11 is 0. The summed E-state index contributed by atoms with van der Waals surface area (Å²) in [7, 11) is 0. The molecule has 0 fully saturated rings. The molecule has 0 spiro atoms. The fourth-order valence-corrected chi connectivity index (χ4v) is 1.44. The molecule has 1 aromatic heterocycles. The number of anilines is 1. The van der Waals surface area contributed by atoms with Crippen LogP contribution in [-0.4, -0.2) is 37.7 Å². The van der Waals surface area contributed by atoms with Crippen LogP contribution in [0.2, 0.25) is 0 Å². The molecule has 0 aromatic carbocycles. The molecule has 0 saturated carbocycles. The molecule has 0 atom stereocenters. The first-order chi connectivity index (χ1) is 7.95. The van der Waals surface area contributed by atoms with Crippen LogP contribution in [0.1, 0.15) is 37.3 Å². The van der Waals surface area contributed by atoms with E-state index in [-0.39, 0.29) is 24.6 Å². The average molecular weight is 241 g/mol. The number of carbonyl (C=O) groups excluding carboxylic acids is 1. The van der Waals surface area contributed by atoms with Gasteiger partial charge in [0.15, 0.2) is 0 Å². The van der Waals surface area contributed by atoms with E-state index in [2.05, 4.69) is 20.5 Å². The number of aromatic amines is 1. The van der Waals surface area contributed by atoms with Crippen LogP contribution >= 0.6 is 0 Å². The first kappa shape index (κ1) is 12.9. The molecule has 1 rings (SSSR count). The van der Waals surface area contributed by atoms with Crippen molar-refractivity contribution in [2.45, 2.75) is 32.2 Å². The maximum absolute atomic E-state index is 11.7. The topological polar surface area (TPSA) is 134 Å². The number of aliphatic carboxylic acids is 1. The summed E-state index contributed by atoms with van der Waals surface area (Å²) in [5.41, 5.74) is 3.96. The fourth-order valence-electron chi connectivity index (χ4n) is 1.44. The van der Waals surface area contributed by atoms with E-state index in [0.717, 1.165) is 0 Å². The molecule has 0 saturated heterocycles. The van der Waals surface area contributed by atoms with E-state index < -0.39 is 17.4 Å². The van der Waals surface area contributed by atoms with E-state index in [1.165, 1.54) is 0 Å². The maximum atomic E-state index is 11.7. The third-order valence-corrected chi connectivity index (χ3v) is 2.69. The van der Waals surface area contributed by atoms with Gasteiger partial charge < -0.3 is 16.2 Å². The largest absolute Gasteiger partial charge is 0.480 e. The van der Waals surface area contributed by atoms with Crippen molar-refractivity contribution in [2.24, 2.45) is 0 Å². The van der Waals surface area contributed by atoms with Gasteiger partial charge in [-0.25, -0.2) is 4.79 Å². The highest BCUT2D eigenvalue weighted by atomic mass is 16.4. The first-order valence-electron chi connectivity index (χ1n) is 5.19. The Kier molecular flexibility index (Phi) is 3.66. The van der Waals surface area contributed by atoms with Crippen LogP contribution in [0.15, 0.2) is 0 Å². The zero-order valence-corrected chi connectivity index (χ0v) is 9.65. The summed E-state index contributed by atoms with van der Waals surface area (Å²) in [4.78, 5) is 26.5. The van der Waals surface area contributed by atoms with Gasteiger partial charge in [-0.3, -0.25) is 9.89 Å². The van der Waals surface area contributed by atoms with Gasteiger partial charge in [-0.1, -0.05) is 13.8 Å². The Labute approximate surface area is 97.6 Å². The number of nitrogens with two attached hydrogens (primary N) is 1. The Morgan fingerprint density at radius 3 is 2.41 bits per heavy atom. The predicted octanol–water partition coefficient (Wildman–Crippen LogP) is -0.240. The van der Waals surface area contributed by atoms with E-state index in [9.17, 15) is 9.59 Å². The summed E-state index contributed by atoms with van der Waals surface area (Å²) in [6, 6.07) is 0. The molecular formula is C9H15N5O3. The second-order valence-electron chi connectivity index (χ2n) is 3.59. The van der Waals surface area contributed by atoms with Crippen LogP contribution in [0.3, 0.4) is 0 Å². The van der Waals surface area contributed by atoms with E-state index in [1.54, 1.807) is 13.8 Å². The monoisotopic (exact) mass is 241 g/mol. The summed E-state index contributed by atoms with van der Waals surface area (Å²) in [6.07, 6.45) is 0.544. The highest BCUT2D eigenvalue weighted by Crippen LogP contribution is 2.16. The zero-order valence-electron chi connectivity index (χ0n) is 9.65. The van der Waals surface area contributed by atoms with Crippen LogP contribution in [0.4, 0.5) is 5.95 Å². The van der Waals surface area contributed by atoms with E-state index in [1.807, 2.05) is 0 Å². The summed E-state index contributed by atoms with van der Waals surface area (Å²) in [5.74, 6) is -1.89. The van der Waals surface area contributed by atoms with Gasteiger partial charge in [0.1, 0.15) is 5.54 Å². The van der Waals surface area contributed by atoms with Crippen LogP contribution in [0, 0.1) is 0 Å². The molecule has 0 radical (unpaired) electrons. The van der Waals surface area contributed by atoms with Gasteiger partial charge >= 0.3 is 5.97 Å². The molecule has 0 unspecified atom stereocenters. The number of nitrogen functional groups attached to an aromatic ring is 1. The predicted molar refractivity (Wildman–Crippen MR) is 59.2 cm³/mol. The minimum absolute atomic E-state index is 0.0657. The second-order valence-corrected chi connectivity index (χ2v) is 3.59. The number of carboxylic acids is 1. The molecule has 0 aliphatic heterocycles. The molecule has 0 aliphatic carbocycles. The standard InChI is InChI=1S/C9H15N5O3/c1-3-9(4-2,7(16)17)12-6(15)5-11-8(10)14-13-5/h3-4H2,1-2H3,(H,12,15)(H,16,17)(H3,10,11,13,14). The van der Waals surface area contributed by atoms with Crippen LogP contribution in [-0.2, 0) is 4.79 Å². The smallest absolute Gasteiger partial charge is 0.329 e. The third-order valence-electron chi connectivity index (χ3n) is 2.69. The van der Waals surface area contributed by atoms with E-state index in [0.29, 0.717) is 0 Å². The lowest BCUT2D eigenvalue weighted by atomic mass is 9.93. The molecule has 94 valence electrons. The minimum Gasteiger partial charge on any atom is -0.480 e. The van der Waals surface area contributed by atoms with Gasteiger partial charge in [-0.15, -0.1) is 5.10 Å². The molecule has 5 N–H and O–H groups in total. The molecule has 8 heteroatoms. The fraction of sp³-hybridized carbons (Fsp3) is 0.556. The van der Waals surface area contributed by atoms with Crippen molar-refractivity contribution in [3.05, 3.63) is 5.82 Å². The van der Waals surface area contributed by atoms with Crippen molar-refractivity contribution in [2.75, 3.05) is 5.73 Å². The number of nitrogens with one attached hydrogen (secondary N) is 2. The molecule has 0 aliphatic rings. The number of hydrogen-bond acceptors (Lipinski definition) is 5. The molecular weight excluding hydrogens is 226 g/mol. The van der Waals surface area contributed by atoms with Gasteiger partial charge in [0.05, 0.1) is 0 Å². The van der Waals surface area contributed by atoms with Crippen LogP contribution in [0.25, 0.3) is 0 Å². The molecule has 0 bridgehead atoms. The maximum Gasteiger partial charge on any atom is 0.329 e. The average Bonchev–Trinajstić information content (AvgIpc) is 2.72. The van der Waals surface area contributed by atoms with Crippen LogP contribution in [0.5, 0.6) is 0 Å². The highest BCUT2D eigenvalue weighted by molar-refractivity contribution is 5.95. The van der Waals surface area contributed by atoms with Gasteiger partial charge in [-0.05, 0) is 12.8 Å². The Hall–Kier alpha value is -2.12. The Balaban J connectivity index is 2.88. The minimum atomic E-state index is -1.29. The number of amides is 1. The lowest BCUT2D eigenvalue weighted by Gasteiger charge is -2.27. The Morgan fingerprint density at radius 2 is 2.06 bits per heavy atom. The lowest BCUT2D eigenvalue weighted by molar-refractivity contribution is -0.144. The van der Waals surface area contributed by atoms with Crippen molar-refractivity contribution < 1.29 is 14.7 Å². The number of carboxylic acid groups (broad SMARTS) is 1. The zero-order chi connectivity index (χ0) is 13.1. The summed E-state index contributed by atoms with van der Waals surface area (Å²) in [6.45, 7) is 3.37. The first-order valence-corrected chi connectivity index (χ1v) is 5.19. The molecule has 8 nitrogen and oxygen atoms in total. The molecule has 1 heterocycles. The van der Waals surface area contributed by atoms with Gasteiger partial charge in [0.2, 0.25) is 11.8 Å². The molecule has 17 heavy (non-hydrogen) atoms. The van der Waals surface area contributed by atoms with Crippen molar-refractivity contribution in [1.82, 2.24) is 20.5 Å². The van der Waals surface area contributed by atoms with E-state index in [4.69, 9.17) is 10.8 Å². The number of rotatable bonds is 5. The summed E-state index contributed by atoms with van der Waals surface area (Å²) in [5, 5.41) is 17.4. The SMILES string of the molecule is CCC(CC)(NC(=O)c1nc(N)n[nH]1)C(=O)O. The lowest BCUT2D eigenvalue weighted by Crippen LogP contribution is -2.53. The number of nitrogens with zero attached hydrogens (tertiary/aromatic N) is 2. The number of aromatic nitrogens is 3. The normalized spacial score (nSPS) is 11.2. The second kappa shape index (κ2) is 4.81. The summed E-state index contributed by atoms with van der Waals surface area (Å²) < 4.78 is 0. The third kappa shape index (κ3) is 2.52. The molecule has 1 aromatic rings. The van der Waals surface area contributed by atoms with Gasteiger partial charge in [0, 0.05) is 0 Å². The van der Waals surface area contributed by atoms with E-state index >= 15 is 0 Å².